The number of carboxylic acid groups (broad SMARTS) is 1. The van der Waals surface area contributed by atoms with Gasteiger partial charge in [0.1, 0.15) is 11.3 Å². The van der Waals surface area contributed by atoms with Crippen molar-refractivity contribution in [2.24, 2.45) is 11.8 Å². The van der Waals surface area contributed by atoms with Crippen LogP contribution < -0.4 is 0 Å². The Bertz CT molecular complexity index is 503. The topological polar surface area (TPSA) is 63.3 Å². The quantitative estimate of drug-likeness (QED) is 0.891. The third kappa shape index (κ3) is 1.58. The summed E-state index contributed by atoms with van der Waals surface area (Å²) in [4.78, 5) is 11.5. The van der Waals surface area contributed by atoms with E-state index in [0.29, 0.717) is 23.2 Å². The standard InChI is InChI=1S/C14H17NO3/c16-14(17)11-12(15-18-13(11)7-1-2-7)9-4-3-8-5-10(8)6-9/h7-10H,1-6H2,(H,16,17). The van der Waals surface area contributed by atoms with Gasteiger partial charge in [-0.05, 0) is 50.4 Å². The summed E-state index contributed by atoms with van der Waals surface area (Å²) in [5, 5.41) is 13.5. The average Bonchev–Trinajstić information content (AvgIpc) is 3.25. The molecule has 96 valence electrons. The van der Waals surface area contributed by atoms with Gasteiger partial charge in [0.05, 0.1) is 0 Å². The molecule has 3 unspecified atom stereocenters. The molecule has 3 atom stereocenters. The van der Waals surface area contributed by atoms with Gasteiger partial charge in [-0.1, -0.05) is 5.16 Å². The average molecular weight is 247 g/mol. The number of nitrogens with zero attached hydrogens (tertiary/aromatic N) is 1. The lowest BCUT2D eigenvalue weighted by Crippen LogP contribution is -2.12. The Labute approximate surface area is 105 Å². The zero-order chi connectivity index (χ0) is 12.3. The molecule has 4 heteroatoms. The van der Waals surface area contributed by atoms with Crippen LogP contribution in [0.25, 0.3) is 0 Å². The van der Waals surface area contributed by atoms with Gasteiger partial charge in [-0.3, -0.25) is 0 Å². The van der Waals surface area contributed by atoms with Crippen molar-refractivity contribution in [3.8, 4) is 0 Å². The fraction of sp³-hybridized carbons (Fsp3) is 0.714. The van der Waals surface area contributed by atoms with Crippen LogP contribution in [-0.2, 0) is 0 Å². The number of rotatable bonds is 3. The summed E-state index contributed by atoms with van der Waals surface area (Å²) in [5.41, 5.74) is 1.12. The molecule has 0 saturated heterocycles. The molecule has 4 nitrogen and oxygen atoms in total. The van der Waals surface area contributed by atoms with Crippen LogP contribution >= 0.6 is 0 Å². The molecule has 0 spiro atoms. The molecule has 1 N–H and O–H groups in total. The van der Waals surface area contributed by atoms with E-state index in [2.05, 4.69) is 5.16 Å². The van der Waals surface area contributed by atoms with Crippen molar-refractivity contribution >= 4 is 5.97 Å². The van der Waals surface area contributed by atoms with Crippen molar-refractivity contribution in [1.29, 1.82) is 0 Å². The lowest BCUT2D eigenvalue weighted by molar-refractivity contribution is 0.0692. The Hall–Kier alpha value is -1.32. The van der Waals surface area contributed by atoms with Gasteiger partial charge >= 0.3 is 5.97 Å². The largest absolute Gasteiger partial charge is 0.477 e. The zero-order valence-corrected chi connectivity index (χ0v) is 10.3. The number of aromatic carboxylic acids is 1. The molecule has 0 aliphatic heterocycles. The maximum Gasteiger partial charge on any atom is 0.341 e. The predicted molar refractivity (Wildman–Crippen MR) is 63.6 cm³/mol. The van der Waals surface area contributed by atoms with Crippen molar-refractivity contribution in [3.05, 3.63) is 17.0 Å². The second kappa shape index (κ2) is 3.59. The van der Waals surface area contributed by atoms with Crippen LogP contribution in [0.4, 0.5) is 0 Å². The molecule has 18 heavy (non-hydrogen) atoms. The van der Waals surface area contributed by atoms with E-state index >= 15 is 0 Å². The van der Waals surface area contributed by atoms with E-state index in [9.17, 15) is 9.90 Å². The monoisotopic (exact) mass is 247 g/mol. The molecule has 0 amide bonds. The summed E-state index contributed by atoms with van der Waals surface area (Å²) >= 11 is 0. The van der Waals surface area contributed by atoms with Gasteiger partial charge < -0.3 is 9.63 Å². The van der Waals surface area contributed by atoms with Crippen LogP contribution in [-0.4, -0.2) is 16.2 Å². The van der Waals surface area contributed by atoms with E-state index in [-0.39, 0.29) is 0 Å². The minimum atomic E-state index is -0.855. The first-order valence-electron chi connectivity index (χ1n) is 6.96. The predicted octanol–water partition coefficient (Wildman–Crippen LogP) is 3.15. The number of fused-ring (bicyclic) bond motifs is 1. The molecule has 0 aromatic carbocycles. The summed E-state index contributed by atoms with van der Waals surface area (Å²) in [7, 11) is 0. The molecule has 1 heterocycles. The Morgan fingerprint density at radius 1 is 1.11 bits per heavy atom. The fourth-order valence-corrected chi connectivity index (χ4v) is 3.53. The van der Waals surface area contributed by atoms with Crippen molar-refractivity contribution in [2.75, 3.05) is 0 Å². The number of hydrogen-bond donors (Lipinski definition) is 1. The molecule has 3 aliphatic carbocycles. The lowest BCUT2D eigenvalue weighted by atomic mass is 9.85. The van der Waals surface area contributed by atoms with Crippen LogP contribution in [0.15, 0.2) is 4.52 Å². The highest BCUT2D eigenvalue weighted by molar-refractivity contribution is 5.90. The Kier molecular flexibility index (Phi) is 2.11. The molecule has 3 saturated carbocycles. The number of hydrogen-bond acceptors (Lipinski definition) is 3. The Balaban J connectivity index is 1.68. The summed E-state index contributed by atoms with van der Waals surface area (Å²) < 4.78 is 5.35. The van der Waals surface area contributed by atoms with E-state index in [0.717, 1.165) is 43.2 Å². The van der Waals surface area contributed by atoms with Gasteiger partial charge in [-0.2, -0.15) is 0 Å². The maximum atomic E-state index is 11.5. The number of aromatic nitrogens is 1. The second-order valence-electron chi connectivity index (χ2n) is 6.15. The van der Waals surface area contributed by atoms with Crippen LogP contribution in [0.2, 0.25) is 0 Å². The van der Waals surface area contributed by atoms with Gasteiger partial charge in [0.25, 0.3) is 0 Å². The minimum absolute atomic E-state index is 0.314. The summed E-state index contributed by atoms with van der Waals surface area (Å²) in [6.07, 6.45) is 6.86. The summed E-state index contributed by atoms with van der Waals surface area (Å²) in [6, 6.07) is 0. The van der Waals surface area contributed by atoms with E-state index in [1.54, 1.807) is 0 Å². The van der Waals surface area contributed by atoms with Crippen molar-refractivity contribution < 1.29 is 14.4 Å². The molecule has 4 rings (SSSR count). The number of carbonyl (C=O) groups is 1. The lowest BCUT2D eigenvalue weighted by Gasteiger charge is -2.19. The van der Waals surface area contributed by atoms with Gasteiger partial charge in [0.15, 0.2) is 5.76 Å². The maximum absolute atomic E-state index is 11.5. The van der Waals surface area contributed by atoms with E-state index < -0.39 is 5.97 Å². The normalized spacial score (nSPS) is 34.1. The second-order valence-corrected chi connectivity index (χ2v) is 6.15. The highest BCUT2D eigenvalue weighted by atomic mass is 16.5. The fourth-order valence-electron chi connectivity index (χ4n) is 3.53. The van der Waals surface area contributed by atoms with Crippen molar-refractivity contribution in [2.45, 2.75) is 50.4 Å². The van der Waals surface area contributed by atoms with Gasteiger partial charge in [-0.15, -0.1) is 0 Å². The third-order valence-corrected chi connectivity index (χ3v) is 4.84. The number of carboxylic acids is 1. The van der Waals surface area contributed by atoms with Gasteiger partial charge in [0, 0.05) is 11.8 Å². The summed E-state index contributed by atoms with van der Waals surface area (Å²) in [5.74, 6) is 2.16. The third-order valence-electron chi connectivity index (χ3n) is 4.84. The smallest absolute Gasteiger partial charge is 0.341 e. The van der Waals surface area contributed by atoms with E-state index in [4.69, 9.17) is 4.52 Å². The van der Waals surface area contributed by atoms with Crippen molar-refractivity contribution in [1.82, 2.24) is 5.16 Å². The van der Waals surface area contributed by atoms with Crippen molar-refractivity contribution in [3.63, 3.8) is 0 Å². The minimum Gasteiger partial charge on any atom is -0.477 e. The molecule has 0 bridgehead atoms. The molecule has 3 aliphatic rings. The van der Waals surface area contributed by atoms with E-state index in [1.165, 1.54) is 12.8 Å². The molecule has 1 aromatic rings. The summed E-state index contributed by atoms with van der Waals surface area (Å²) in [6.45, 7) is 0. The highest BCUT2D eigenvalue weighted by Gasteiger charge is 2.45. The van der Waals surface area contributed by atoms with Crippen LogP contribution in [0, 0.1) is 11.8 Å². The Morgan fingerprint density at radius 3 is 2.56 bits per heavy atom. The molecule has 1 aromatic heterocycles. The highest BCUT2D eigenvalue weighted by Crippen LogP contribution is 2.54. The van der Waals surface area contributed by atoms with Gasteiger partial charge in [0.2, 0.25) is 0 Å². The SMILES string of the molecule is O=C(O)c1c(C2CCC3CC3C2)noc1C1CC1. The van der Waals surface area contributed by atoms with E-state index in [1.807, 2.05) is 0 Å². The first kappa shape index (κ1) is 10.6. The van der Waals surface area contributed by atoms with Crippen LogP contribution in [0.5, 0.6) is 0 Å². The van der Waals surface area contributed by atoms with Crippen LogP contribution in [0.3, 0.4) is 0 Å². The Morgan fingerprint density at radius 2 is 1.89 bits per heavy atom. The van der Waals surface area contributed by atoms with Gasteiger partial charge in [-0.25, -0.2) is 4.79 Å². The van der Waals surface area contributed by atoms with Crippen LogP contribution in [0.1, 0.15) is 72.2 Å². The zero-order valence-electron chi connectivity index (χ0n) is 10.3. The molecular weight excluding hydrogens is 230 g/mol. The molecular formula is C14H17NO3. The first-order chi connectivity index (χ1) is 8.74. The molecule has 3 fully saturated rings. The molecule has 0 radical (unpaired) electrons. The first-order valence-corrected chi connectivity index (χ1v) is 6.96.